The van der Waals surface area contributed by atoms with E-state index in [1.54, 1.807) is 0 Å². The van der Waals surface area contributed by atoms with Crippen LogP contribution in [0.15, 0.2) is 0 Å². The molecule has 0 amide bonds. The van der Waals surface area contributed by atoms with Gasteiger partial charge in [-0.1, -0.05) is 0 Å². The van der Waals surface area contributed by atoms with Crippen LogP contribution in [-0.4, -0.2) is 38.3 Å². The van der Waals surface area contributed by atoms with Crippen molar-refractivity contribution in [1.82, 2.24) is 5.32 Å². The summed E-state index contributed by atoms with van der Waals surface area (Å²) >= 11 is 0. The molecule has 0 aromatic carbocycles. The van der Waals surface area contributed by atoms with Crippen molar-refractivity contribution in [3.8, 4) is 0 Å². The van der Waals surface area contributed by atoms with Gasteiger partial charge in [0.25, 0.3) is 0 Å². The van der Waals surface area contributed by atoms with Crippen molar-refractivity contribution >= 4 is 15.6 Å². The first-order chi connectivity index (χ1) is 6.83. The van der Waals surface area contributed by atoms with Crippen LogP contribution >= 0.6 is 0 Å². The van der Waals surface area contributed by atoms with Gasteiger partial charge in [-0.2, -0.15) is 0 Å². The second-order valence-corrected chi connectivity index (χ2v) is 6.78. The molecule has 1 heterocycles. The maximum atomic E-state index is 11.8. The molecule has 1 aliphatic rings. The van der Waals surface area contributed by atoms with Gasteiger partial charge in [-0.3, -0.25) is 4.79 Å². The summed E-state index contributed by atoms with van der Waals surface area (Å²) in [4.78, 5) is 11.8. The van der Waals surface area contributed by atoms with Crippen molar-refractivity contribution in [2.24, 2.45) is 0 Å². The molecule has 5 heteroatoms. The molecule has 0 aromatic heterocycles. The van der Waals surface area contributed by atoms with Gasteiger partial charge >= 0.3 is 0 Å². The van der Waals surface area contributed by atoms with Crippen LogP contribution in [0.2, 0.25) is 0 Å². The van der Waals surface area contributed by atoms with E-state index in [2.05, 4.69) is 5.32 Å². The van der Waals surface area contributed by atoms with Gasteiger partial charge in [0.05, 0.1) is 11.3 Å². The summed E-state index contributed by atoms with van der Waals surface area (Å²) in [6.07, 6.45) is 3.89. The highest BCUT2D eigenvalue weighted by Gasteiger charge is 2.34. The second-order valence-electron chi connectivity index (χ2n) is 4.52. The zero-order valence-corrected chi connectivity index (χ0v) is 10.2. The van der Waals surface area contributed by atoms with Gasteiger partial charge in [-0.25, -0.2) is 8.42 Å². The summed E-state index contributed by atoms with van der Waals surface area (Å²) in [5, 5.41) is 3.18. The SMILES string of the molecule is CC1(C(=O)CCCS(C)(=O)=O)CCCN1. The van der Waals surface area contributed by atoms with Crippen molar-refractivity contribution in [3.05, 3.63) is 0 Å². The molecule has 1 N–H and O–H groups in total. The van der Waals surface area contributed by atoms with Gasteiger partial charge in [0, 0.05) is 12.7 Å². The predicted octanol–water partition coefficient (Wildman–Crippen LogP) is 0.522. The molecule has 1 unspecified atom stereocenters. The first-order valence-electron chi connectivity index (χ1n) is 5.30. The number of hydrogen-bond donors (Lipinski definition) is 1. The summed E-state index contributed by atoms with van der Waals surface area (Å²) < 4.78 is 21.8. The number of sulfone groups is 1. The Hall–Kier alpha value is -0.420. The normalized spacial score (nSPS) is 26.8. The molecule has 0 radical (unpaired) electrons. The monoisotopic (exact) mass is 233 g/mol. The lowest BCUT2D eigenvalue weighted by atomic mass is 9.92. The van der Waals surface area contributed by atoms with Gasteiger partial charge in [-0.05, 0) is 32.7 Å². The third-order valence-corrected chi connectivity index (χ3v) is 3.93. The number of hydrogen-bond acceptors (Lipinski definition) is 4. The first kappa shape index (κ1) is 12.6. The summed E-state index contributed by atoms with van der Waals surface area (Å²) in [5.41, 5.74) is -0.405. The maximum absolute atomic E-state index is 11.8. The Morgan fingerprint density at radius 2 is 2.13 bits per heavy atom. The molecular formula is C10H19NO3S. The Kier molecular flexibility index (Phi) is 3.89. The zero-order valence-electron chi connectivity index (χ0n) is 9.38. The van der Waals surface area contributed by atoms with Gasteiger partial charge in [0.1, 0.15) is 9.84 Å². The Labute approximate surface area is 91.4 Å². The number of nitrogens with one attached hydrogen (secondary N) is 1. The largest absolute Gasteiger partial charge is 0.305 e. The van der Waals surface area contributed by atoms with Crippen molar-refractivity contribution < 1.29 is 13.2 Å². The lowest BCUT2D eigenvalue weighted by molar-refractivity contribution is -0.124. The molecule has 0 spiro atoms. The third kappa shape index (κ3) is 3.91. The van der Waals surface area contributed by atoms with Crippen LogP contribution in [0.1, 0.15) is 32.6 Å². The molecule has 1 rings (SSSR count). The average molecular weight is 233 g/mol. The Balaban J connectivity index is 2.36. The third-order valence-electron chi connectivity index (χ3n) is 2.90. The molecule has 1 saturated heterocycles. The molecule has 0 saturated carbocycles. The number of carbonyl (C=O) groups is 1. The number of rotatable bonds is 5. The average Bonchev–Trinajstić information content (AvgIpc) is 2.51. The van der Waals surface area contributed by atoms with E-state index in [0.717, 1.165) is 19.4 Å². The highest BCUT2D eigenvalue weighted by atomic mass is 32.2. The van der Waals surface area contributed by atoms with Gasteiger partial charge in [0.15, 0.2) is 5.78 Å². The van der Waals surface area contributed by atoms with Crippen LogP contribution in [0.25, 0.3) is 0 Å². The zero-order chi connectivity index (χ0) is 11.5. The molecule has 88 valence electrons. The van der Waals surface area contributed by atoms with Crippen molar-refractivity contribution in [2.75, 3.05) is 18.6 Å². The summed E-state index contributed by atoms with van der Waals surface area (Å²) in [7, 11) is -2.94. The summed E-state index contributed by atoms with van der Waals surface area (Å²) in [5.74, 6) is 0.248. The lowest BCUT2D eigenvalue weighted by Gasteiger charge is -2.22. The maximum Gasteiger partial charge on any atom is 0.152 e. The van der Waals surface area contributed by atoms with E-state index in [1.165, 1.54) is 6.26 Å². The molecule has 4 nitrogen and oxygen atoms in total. The van der Waals surface area contributed by atoms with Crippen LogP contribution in [0, 0.1) is 0 Å². The summed E-state index contributed by atoms with van der Waals surface area (Å²) in [6.45, 7) is 2.79. The van der Waals surface area contributed by atoms with Crippen LogP contribution < -0.4 is 5.32 Å². The molecule has 1 fully saturated rings. The Bertz CT molecular complexity index is 329. The summed E-state index contributed by atoms with van der Waals surface area (Å²) in [6, 6.07) is 0. The van der Waals surface area contributed by atoms with Crippen LogP contribution in [0.4, 0.5) is 0 Å². The topological polar surface area (TPSA) is 63.2 Å². The van der Waals surface area contributed by atoms with Gasteiger partial charge < -0.3 is 5.32 Å². The van der Waals surface area contributed by atoms with E-state index in [9.17, 15) is 13.2 Å². The van der Waals surface area contributed by atoms with E-state index >= 15 is 0 Å². The van der Waals surface area contributed by atoms with Crippen molar-refractivity contribution in [1.29, 1.82) is 0 Å². The van der Waals surface area contributed by atoms with E-state index in [-0.39, 0.29) is 11.5 Å². The van der Waals surface area contributed by atoms with Crippen LogP contribution in [0.5, 0.6) is 0 Å². The van der Waals surface area contributed by atoms with E-state index in [0.29, 0.717) is 12.8 Å². The highest BCUT2D eigenvalue weighted by Crippen LogP contribution is 2.21. The first-order valence-corrected chi connectivity index (χ1v) is 7.36. The van der Waals surface area contributed by atoms with Crippen molar-refractivity contribution in [3.63, 3.8) is 0 Å². The Morgan fingerprint density at radius 3 is 2.60 bits per heavy atom. The molecule has 15 heavy (non-hydrogen) atoms. The second kappa shape index (κ2) is 4.61. The van der Waals surface area contributed by atoms with Gasteiger partial charge in [-0.15, -0.1) is 0 Å². The van der Waals surface area contributed by atoms with Crippen LogP contribution in [-0.2, 0) is 14.6 Å². The minimum absolute atomic E-state index is 0.106. The lowest BCUT2D eigenvalue weighted by Crippen LogP contribution is -2.44. The quantitative estimate of drug-likeness (QED) is 0.752. The molecule has 0 aliphatic carbocycles. The fourth-order valence-corrected chi connectivity index (χ4v) is 2.57. The molecule has 1 atom stereocenters. The van der Waals surface area contributed by atoms with Crippen LogP contribution in [0.3, 0.4) is 0 Å². The van der Waals surface area contributed by atoms with E-state index in [4.69, 9.17) is 0 Å². The fourth-order valence-electron chi connectivity index (χ4n) is 1.90. The number of Topliss-reactive ketones (excluding diaryl/α,β-unsaturated/α-hetero) is 1. The van der Waals surface area contributed by atoms with Gasteiger partial charge in [0.2, 0.25) is 0 Å². The minimum atomic E-state index is -2.94. The predicted molar refractivity (Wildman–Crippen MR) is 59.6 cm³/mol. The van der Waals surface area contributed by atoms with E-state index < -0.39 is 15.4 Å². The fraction of sp³-hybridized carbons (Fsp3) is 0.900. The number of carbonyl (C=O) groups excluding carboxylic acids is 1. The Morgan fingerprint density at radius 1 is 1.47 bits per heavy atom. The van der Waals surface area contributed by atoms with Crippen molar-refractivity contribution in [2.45, 2.75) is 38.1 Å². The molecule has 0 aromatic rings. The smallest absolute Gasteiger partial charge is 0.152 e. The molecular weight excluding hydrogens is 214 g/mol. The highest BCUT2D eigenvalue weighted by molar-refractivity contribution is 7.90. The minimum Gasteiger partial charge on any atom is -0.305 e. The molecule has 0 bridgehead atoms. The van der Waals surface area contributed by atoms with E-state index in [1.807, 2.05) is 6.92 Å². The standard InChI is InChI=1S/C10H19NO3S/c1-10(6-4-7-11-10)9(12)5-3-8-15(2,13)14/h11H,3-8H2,1-2H3. The molecule has 1 aliphatic heterocycles. The number of ketones is 1.